The third-order valence-corrected chi connectivity index (χ3v) is 14.5. The summed E-state index contributed by atoms with van der Waals surface area (Å²) in [4.78, 5) is 45.7. The first-order valence-electron chi connectivity index (χ1n) is 25.9. The van der Waals surface area contributed by atoms with Crippen LogP contribution >= 0.6 is 0 Å². The molecule has 5 N–H and O–H groups in total. The summed E-state index contributed by atoms with van der Waals surface area (Å²) in [5.74, 6) is 0.837. The summed E-state index contributed by atoms with van der Waals surface area (Å²) in [6.45, 7) is 6.03. The fourth-order valence-corrected chi connectivity index (χ4v) is 10.8. The smallest absolute Gasteiger partial charge is 0.302 e. The maximum Gasteiger partial charge on any atom is 0.302 e. The lowest BCUT2D eigenvalue weighted by atomic mass is 9.82. The molecule has 2 aliphatic heterocycles. The number of rotatable bonds is 12. The average molecular weight is 1010 g/mol. The van der Waals surface area contributed by atoms with Crippen LogP contribution in [-0.2, 0) is 38.4 Å². The number of nitrogens with zero attached hydrogens (tertiary/aromatic N) is 2. The number of hydrogen-bond acceptors (Lipinski definition) is 11. The number of carbonyl (C=O) groups is 3. The molecule has 2 aromatic heterocycles. The molecule has 75 heavy (non-hydrogen) atoms. The number of ether oxygens (including phenoxy) is 3. The van der Waals surface area contributed by atoms with E-state index < -0.39 is 18.1 Å². The monoisotopic (exact) mass is 1010 g/mol. The lowest BCUT2D eigenvalue weighted by Crippen LogP contribution is -2.35. The molecule has 5 aromatic carbocycles. The van der Waals surface area contributed by atoms with Gasteiger partial charge in [-0.3, -0.25) is 14.4 Å². The second kappa shape index (κ2) is 23.3. The van der Waals surface area contributed by atoms with Crippen LogP contribution in [0.2, 0.25) is 0 Å². The number of aromatic hydroxyl groups is 3. The zero-order valence-corrected chi connectivity index (χ0v) is 43.1. The third kappa shape index (κ3) is 12.6. The Morgan fingerprint density at radius 2 is 1.59 bits per heavy atom. The number of hydrogen-bond donors (Lipinski definition) is 5. The molecule has 2 aliphatic rings. The summed E-state index contributed by atoms with van der Waals surface area (Å²) < 4.78 is 20.1. The van der Waals surface area contributed by atoms with Gasteiger partial charge < -0.3 is 49.3 Å². The molecule has 0 fully saturated rings. The minimum atomic E-state index is -0.692. The maximum absolute atomic E-state index is 14.7. The van der Waals surface area contributed by atoms with E-state index in [0.29, 0.717) is 43.7 Å². The average Bonchev–Trinajstić information content (AvgIpc) is 4.03. The van der Waals surface area contributed by atoms with Crippen molar-refractivity contribution >= 4 is 34.0 Å². The first kappa shape index (κ1) is 51.7. The van der Waals surface area contributed by atoms with E-state index in [1.165, 1.54) is 25.7 Å². The summed E-state index contributed by atoms with van der Waals surface area (Å²) >= 11 is 0. The van der Waals surface area contributed by atoms with Gasteiger partial charge in [-0.15, -0.1) is 0 Å². The lowest BCUT2D eigenvalue weighted by molar-refractivity contribution is -0.148. The number of esters is 1. The van der Waals surface area contributed by atoms with Crippen LogP contribution in [-0.4, -0.2) is 68.7 Å². The van der Waals surface area contributed by atoms with Crippen molar-refractivity contribution in [3.05, 3.63) is 185 Å². The van der Waals surface area contributed by atoms with Gasteiger partial charge in [0.15, 0.2) is 11.5 Å². The second-order valence-electron chi connectivity index (χ2n) is 20.0. The van der Waals surface area contributed by atoms with Crippen LogP contribution in [0.3, 0.4) is 0 Å². The van der Waals surface area contributed by atoms with Crippen LogP contribution in [0, 0.1) is 5.92 Å². The number of anilines is 1. The summed E-state index contributed by atoms with van der Waals surface area (Å²) in [5.41, 5.74) is 7.64. The molecule has 4 heterocycles. The zero-order valence-electron chi connectivity index (χ0n) is 43.1. The molecule has 9 rings (SSSR count). The van der Waals surface area contributed by atoms with Crippen molar-refractivity contribution < 1.29 is 43.9 Å². The standard InChI is InChI=1S/C62H66N4O9/c1-5-41-17-18-53(74-40(3)68)32-52(71)34-58(47-29-59(72)62(60(30-47)73-4)75-54-26-43(25-51(70)33-54)23-42-11-7-6-8-12-42)65-37-46-14-10-16-57(56(46)38-65)66(22-20-39(2)67)61-31-45(19-21-64-61)55(44-13-9-15-50(69)27-44)28-49-36-63-35-48(49)24-41/h6-16,19,25-27,29-31,33,35-38,41,53,55,58,63-64,69-70,72H,5,17-18,20-24,28,32,34H2,1-4H3/t41-,53-,55+,58-/m1/s1. The van der Waals surface area contributed by atoms with Gasteiger partial charge in [0.1, 0.15) is 40.7 Å². The van der Waals surface area contributed by atoms with E-state index in [0.717, 1.165) is 69.4 Å². The highest BCUT2D eigenvalue weighted by molar-refractivity contribution is 5.95. The third-order valence-electron chi connectivity index (χ3n) is 14.5. The number of carbonyl (C=O) groups excluding carboxylic acids is 3. The number of phenolic OH excluding ortho intramolecular Hbond substituents is 3. The van der Waals surface area contributed by atoms with Gasteiger partial charge in [0.2, 0.25) is 5.75 Å². The highest BCUT2D eigenvalue weighted by Crippen LogP contribution is 2.45. The first-order chi connectivity index (χ1) is 36.3. The van der Waals surface area contributed by atoms with Crippen molar-refractivity contribution in [2.24, 2.45) is 5.92 Å². The van der Waals surface area contributed by atoms with Gasteiger partial charge >= 0.3 is 5.97 Å². The molecule has 13 heteroatoms. The van der Waals surface area contributed by atoms with Crippen LogP contribution < -0.4 is 19.7 Å². The van der Waals surface area contributed by atoms with Crippen molar-refractivity contribution in [1.82, 2.24) is 14.9 Å². The predicted molar refractivity (Wildman–Crippen MR) is 291 cm³/mol. The van der Waals surface area contributed by atoms with E-state index in [9.17, 15) is 29.7 Å². The lowest BCUT2D eigenvalue weighted by Gasteiger charge is -2.32. The largest absolute Gasteiger partial charge is 0.508 e. The van der Waals surface area contributed by atoms with Crippen LogP contribution in [0.4, 0.5) is 5.69 Å². The van der Waals surface area contributed by atoms with Crippen molar-refractivity contribution in [3.8, 4) is 34.5 Å². The number of fused-ring (bicyclic) bond motifs is 3. The summed E-state index contributed by atoms with van der Waals surface area (Å²) in [7, 11) is 1.48. The molecule has 0 unspecified atom stereocenters. The van der Waals surface area contributed by atoms with E-state index in [1.54, 1.807) is 37.3 Å². The molecule has 0 aliphatic carbocycles. The van der Waals surface area contributed by atoms with E-state index in [-0.39, 0.29) is 71.4 Å². The minimum Gasteiger partial charge on any atom is -0.508 e. The van der Waals surface area contributed by atoms with Crippen molar-refractivity contribution in [3.63, 3.8) is 0 Å². The van der Waals surface area contributed by atoms with Crippen LogP contribution in [0.25, 0.3) is 10.8 Å². The Hall–Kier alpha value is -8.19. The van der Waals surface area contributed by atoms with Gasteiger partial charge in [-0.25, -0.2) is 0 Å². The molecule has 0 amide bonds. The summed E-state index contributed by atoms with van der Waals surface area (Å²) in [6.07, 6.45) is 16.1. The topological polar surface area (TPSA) is 176 Å². The Morgan fingerprint density at radius 3 is 2.35 bits per heavy atom. The van der Waals surface area contributed by atoms with Gasteiger partial charge in [0.25, 0.3) is 0 Å². The number of H-pyrrole nitrogens is 1. The summed E-state index contributed by atoms with van der Waals surface area (Å²) in [6, 6.07) is 30.9. The number of allylic oxidation sites excluding steroid dienone is 2. The molecule has 13 nitrogen and oxygen atoms in total. The second-order valence-corrected chi connectivity index (χ2v) is 20.0. The van der Waals surface area contributed by atoms with Crippen molar-refractivity contribution in [2.75, 3.05) is 25.1 Å². The van der Waals surface area contributed by atoms with Crippen molar-refractivity contribution in [1.29, 1.82) is 0 Å². The molecule has 0 saturated heterocycles. The number of Topliss-reactive ketones (excluding diaryl/α,β-unsaturated/α-hetero) is 2. The van der Waals surface area contributed by atoms with Gasteiger partial charge in [0.05, 0.1) is 18.8 Å². The fourth-order valence-electron chi connectivity index (χ4n) is 10.8. The number of aromatic amines is 1. The molecule has 4 atom stereocenters. The molecule has 0 radical (unpaired) electrons. The minimum absolute atomic E-state index is 0.00163. The number of benzene rings is 5. The molecule has 388 valence electrons. The Morgan fingerprint density at radius 1 is 0.787 bits per heavy atom. The van der Waals surface area contributed by atoms with E-state index in [2.05, 4.69) is 52.7 Å². The number of dihydropyridines is 1. The maximum atomic E-state index is 14.7. The Kier molecular flexibility index (Phi) is 16.1. The molecule has 4 bridgehead atoms. The molecule has 0 saturated carbocycles. The van der Waals surface area contributed by atoms with Gasteiger partial charge in [-0.1, -0.05) is 74.0 Å². The van der Waals surface area contributed by atoms with Gasteiger partial charge in [-0.2, -0.15) is 0 Å². The van der Waals surface area contributed by atoms with Crippen LogP contribution in [0.5, 0.6) is 34.5 Å². The normalized spacial score (nSPS) is 18.5. The Bertz CT molecular complexity index is 3240. The van der Waals surface area contributed by atoms with Crippen molar-refractivity contribution in [2.45, 2.75) is 96.6 Å². The number of methoxy groups -OCH3 is 1. The van der Waals surface area contributed by atoms with Gasteiger partial charge in [-0.05, 0) is 132 Å². The number of nitrogens with one attached hydrogen (secondary N) is 2. The van der Waals surface area contributed by atoms with Gasteiger partial charge in [0, 0.05) is 86.8 Å². The Balaban J connectivity index is 1.15. The SMILES string of the molecule is CC[C@@H]1CC[C@@H](OC(C)=O)CC(=O)C[C@H](c2cc(O)c(Oc3cc(O)cc(Cc4ccccc4)c3)c(OC)c2)n2cc3cccc(c3c2)N(CCC(C)=O)C2=CC(=CCN2)[C@H](c2cccc(O)c2)Cc2c[nH]cc2C1. The number of ketones is 2. The van der Waals surface area contributed by atoms with E-state index >= 15 is 0 Å². The van der Waals surface area contributed by atoms with E-state index in [1.807, 2.05) is 77.6 Å². The van der Waals surface area contributed by atoms with Crippen LogP contribution in [0.1, 0.15) is 105 Å². The predicted octanol–water partition coefficient (Wildman–Crippen LogP) is 11.9. The fraction of sp³-hybridized carbons (Fsp3) is 0.306. The first-order valence-corrected chi connectivity index (χ1v) is 25.9. The van der Waals surface area contributed by atoms with Crippen LogP contribution in [0.15, 0.2) is 151 Å². The summed E-state index contributed by atoms with van der Waals surface area (Å²) in [5, 5.41) is 38.8. The van der Waals surface area contributed by atoms with E-state index in [4.69, 9.17) is 14.2 Å². The molecular formula is C62H66N4O9. The number of phenols is 3. The highest BCUT2D eigenvalue weighted by atomic mass is 16.5. The Labute approximate surface area is 438 Å². The zero-order chi connectivity index (χ0) is 52.6. The molecular weight excluding hydrogens is 945 g/mol. The molecule has 0 spiro atoms. The number of aromatic nitrogens is 2. The molecule has 7 aromatic rings. The quantitative estimate of drug-likeness (QED) is 0.0737. The highest BCUT2D eigenvalue weighted by Gasteiger charge is 2.29.